The molecule has 0 unspecified atom stereocenters. The summed E-state index contributed by atoms with van der Waals surface area (Å²) in [6.45, 7) is 2.87. The Morgan fingerprint density at radius 2 is 1.96 bits per heavy atom. The van der Waals surface area contributed by atoms with Crippen LogP contribution in [0.2, 0.25) is 0 Å². The second kappa shape index (κ2) is 7.30. The van der Waals surface area contributed by atoms with Crippen LogP contribution < -0.4 is 0 Å². The fourth-order valence-electron chi connectivity index (χ4n) is 2.23. The fraction of sp³-hybridized carbons (Fsp3) is 0.375. The van der Waals surface area contributed by atoms with Gasteiger partial charge in [-0.05, 0) is 31.0 Å². The number of hydrogen-bond acceptors (Lipinski definition) is 2. The number of aromatic amines is 1. The van der Waals surface area contributed by atoms with Crippen LogP contribution in [0.5, 0.6) is 0 Å². The first-order valence-corrected chi connectivity index (χ1v) is 7.32. The molecule has 0 saturated heterocycles. The highest BCUT2D eigenvalue weighted by atomic mass is 19.4. The molecule has 0 spiro atoms. The van der Waals surface area contributed by atoms with Crippen molar-refractivity contribution in [3.8, 4) is 0 Å². The van der Waals surface area contributed by atoms with Gasteiger partial charge in [0, 0.05) is 25.5 Å². The zero-order valence-corrected chi connectivity index (χ0v) is 12.7. The van der Waals surface area contributed by atoms with E-state index < -0.39 is 11.7 Å². The number of nitrogens with one attached hydrogen (secondary N) is 1. The molecule has 1 heterocycles. The number of amides is 1. The molecule has 0 radical (unpaired) electrons. The van der Waals surface area contributed by atoms with Crippen LogP contribution in [0.4, 0.5) is 13.2 Å². The van der Waals surface area contributed by atoms with Gasteiger partial charge in [0.25, 0.3) is 0 Å². The smallest absolute Gasteiger partial charge is 0.348 e. The van der Waals surface area contributed by atoms with E-state index in [9.17, 15) is 18.0 Å². The fourth-order valence-corrected chi connectivity index (χ4v) is 2.23. The highest BCUT2D eigenvalue weighted by Crippen LogP contribution is 2.29. The van der Waals surface area contributed by atoms with Gasteiger partial charge < -0.3 is 9.88 Å². The summed E-state index contributed by atoms with van der Waals surface area (Å²) in [5, 5.41) is 0. The minimum atomic E-state index is -4.33. The standard InChI is InChI=1S/C16H18F3N3O/c1-2-22(15(23)11-14-20-8-9-21-14)10-7-12-3-5-13(6-4-12)16(17,18)19/h3-6,8-9H,2,7,10-11H2,1H3,(H,20,21). The van der Waals surface area contributed by atoms with Crippen LogP contribution in [0, 0.1) is 0 Å². The predicted molar refractivity (Wildman–Crippen MR) is 79.7 cm³/mol. The summed E-state index contributed by atoms with van der Waals surface area (Å²) in [4.78, 5) is 20.7. The van der Waals surface area contributed by atoms with Crippen LogP contribution in [0.25, 0.3) is 0 Å². The molecule has 0 aliphatic rings. The lowest BCUT2D eigenvalue weighted by molar-refractivity contribution is -0.137. The second-order valence-corrected chi connectivity index (χ2v) is 5.13. The van der Waals surface area contributed by atoms with Crippen molar-refractivity contribution in [2.24, 2.45) is 0 Å². The Bertz CT molecular complexity index is 621. The minimum absolute atomic E-state index is 0.0608. The molecule has 2 rings (SSSR count). The van der Waals surface area contributed by atoms with Gasteiger partial charge in [-0.25, -0.2) is 4.98 Å². The summed E-state index contributed by atoms with van der Waals surface area (Å²) in [5.41, 5.74) is 0.102. The molecule has 0 bridgehead atoms. The van der Waals surface area contributed by atoms with Crippen molar-refractivity contribution in [2.75, 3.05) is 13.1 Å². The van der Waals surface area contributed by atoms with E-state index in [-0.39, 0.29) is 12.3 Å². The minimum Gasteiger partial charge on any atom is -0.348 e. The maximum absolute atomic E-state index is 12.5. The summed E-state index contributed by atoms with van der Waals surface area (Å²) in [7, 11) is 0. The monoisotopic (exact) mass is 325 g/mol. The molecule has 7 heteroatoms. The number of nitrogens with zero attached hydrogens (tertiary/aromatic N) is 2. The molecule has 1 aromatic carbocycles. The van der Waals surface area contributed by atoms with Crippen LogP contribution in [-0.4, -0.2) is 33.9 Å². The third-order valence-corrected chi connectivity index (χ3v) is 3.56. The summed E-state index contributed by atoms with van der Waals surface area (Å²) in [6.07, 6.45) is -0.390. The SMILES string of the molecule is CCN(CCc1ccc(C(F)(F)F)cc1)C(=O)Cc1ncc[nH]1. The number of carbonyl (C=O) groups is 1. The number of likely N-dealkylation sites (N-methyl/N-ethyl adjacent to an activating group) is 1. The quantitative estimate of drug-likeness (QED) is 0.887. The van der Waals surface area contributed by atoms with E-state index in [1.54, 1.807) is 17.3 Å². The number of imidazole rings is 1. The first-order valence-electron chi connectivity index (χ1n) is 7.32. The number of halogens is 3. The van der Waals surface area contributed by atoms with Crippen molar-refractivity contribution in [3.05, 3.63) is 53.6 Å². The second-order valence-electron chi connectivity index (χ2n) is 5.13. The summed E-state index contributed by atoms with van der Waals surface area (Å²) in [6, 6.07) is 5.04. The highest BCUT2D eigenvalue weighted by molar-refractivity contribution is 5.77. The number of H-pyrrole nitrogens is 1. The Balaban J connectivity index is 1.91. The molecule has 0 aliphatic carbocycles. The Morgan fingerprint density at radius 3 is 2.48 bits per heavy atom. The van der Waals surface area contributed by atoms with E-state index in [0.29, 0.717) is 25.3 Å². The molecule has 1 N–H and O–H groups in total. The molecule has 2 aromatic rings. The Kier molecular flexibility index (Phi) is 5.41. The van der Waals surface area contributed by atoms with Gasteiger partial charge in [-0.3, -0.25) is 4.79 Å². The Morgan fingerprint density at radius 1 is 1.26 bits per heavy atom. The predicted octanol–water partition coefficient (Wildman–Crippen LogP) is 3.06. The van der Waals surface area contributed by atoms with Crippen LogP contribution in [0.1, 0.15) is 23.9 Å². The first-order chi connectivity index (χ1) is 10.9. The van der Waals surface area contributed by atoms with Gasteiger partial charge in [0.05, 0.1) is 12.0 Å². The average molecular weight is 325 g/mol. The van der Waals surface area contributed by atoms with E-state index in [4.69, 9.17) is 0 Å². The molecular formula is C16H18F3N3O. The first kappa shape index (κ1) is 17.1. The lowest BCUT2D eigenvalue weighted by Crippen LogP contribution is -2.34. The molecule has 1 aromatic heterocycles. The number of hydrogen-bond donors (Lipinski definition) is 1. The average Bonchev–Trinajstić information content (AvgIpc) is 3.00. The van der Waals surface area contributed by atoms with Gasteiger partial charge in [-0.1, -0.05) is 12.1 Å². The molecule has 0 fully saturated rings. The normalized spacial score (nSPS) is 11.5. The molecule has 4 nitrogen and oxygen atoms in total. The lowest BCUT2D eigenvalue weighted by Gasteiger charge is -2.20. The van der Waals surface area contributed by atoms with Crippen LogP contribution in [-0.2, 0) is 23.8 Å². The van der Waals surface area contributed by atoms with Crippen molar-refractivity contribution in [2.45, 2.75) is 25.9 Å². The summed E-state index contributed by atoms with van der Waals surface area (Å²) in [5.74, 6) is 0.539. The molecule has 0 aliphatic heterocycles. The number of aromatic nitrogens is 2. The molecule has 0 atom stereocenters. The van der Waals surface area contributed by atoms with Gasteiger partial charge in [0.1, 0.15) is 5.82 Å². The van der Waals surface area contributed by atoms with Crippen molar-refractivity contribution in [1.29, 1.82) is 0 Å². The molecule has 124 valence electrons. The topological polar surface area (TPSA) is 49.0 Å². The van der Waals surface area contributed by atoms with E-state index in [0.717, 1.165) is 17.7 Å². The molecule has 0 saturated carbocycles. The maximum atomic E-state index is 12.5. The third kappa shape index (κ3) is 4.84. The Labute approximate surface area is 132 Å². The molecule has 1 amide bonds. The van der Waals surface area contributed by atoms with Crippen LogP contribution >= 0.6 is 0 Å². The van der Waals surface area contributed by atoms with E-state index in [1.807, 2.05) is 6.92 Å². The van der Waals surface area contributed by atoms with Gasteiger partial charge >= 0.3 is 6.18 Å². The number of benzene rings is 1. The molecular weight excluding hydrogens is 307 g/mol. The lowest BCUT2D eigenvalue weighted by atomic mass is 10.1. The van der Waals surface area contributed by atoms with E-state index in [2.05, 4.69) is 9.97 Å². The van der Waals surface area contributed by atoms with Crippen molar-refractivity contribution in [3.63, 3.8) is 0 Å². The zero-order valence-electron chi connectivity index (χ0n) is 12.7. The van der Waals surface area contributed by atoms with Crippen LogP contribution in [0.3, 0.4) is 0 Å². The zero-order chi connectivity index (χ0) is 16.9. The summed E-state index contributed by atoms with van der Waals surface area (Å²) < 4.78 is 37.5. The number of carbonyl (C=O) groups excluding carboxylic acids is 1. The van der Waals surface area contributed by atoms with Crippen LogP contribution in [0.15, 0.2) is 36.7 Å². The van der Waals surface area contributed by atoms with Gasteiger partial charge in [0.2, 0.25) is 5.91 Å². The van der Waals surface area contributed by atoms with Gasteiger partial charge in [-0.2, -0.15) is 13.2 Å². The van der Waals surface area contributed by atoms with E-state index in [1.165, 1.54) is 12.1 Å². The highest BCUT2D eigenvalue weighted by Gasteiger charge is 2.29. The maximum Gasteiger partial charge on any atom is 0.416 e. The van der Waals surface area contributed by atoms with E-state index >= 15 is 0 Å². The largest absolute Gasteiger partial charge is 0.416 e. The van der Waals surface area contributed by atoms with Gasteiger partial charge in [0.15, 0.2) is 0 Å². The van der Waals surface area contributed by atoms with Crippen molar-refractivity contribution in [1.82, 2.24) is 14.9 Å². The number of rotatable bonds is 6. The van der Waals surface area contributed by atoms with Crippen molar-refractivity contribution < 1.29 is 18.0 Å². The molecule has 23 heavy (non-hydrogen) atoms. The van der Waals surface area contributed by atoms with Crippen molar-refractivity contribution >= 4 is 5.91 Å². The third-order valence-electron chi connectivity index (χ3n) is 3.56. The van der Waals surface area contributed by atoms with Gasteiger partial charge in [-0.15, -0.1) is 0 Å². The Hall–Kier alpha value is -2.31. The summed E-state index contributed by atoms with van der Waals surface area (Å²) >= 11 is 0. The number of alkyl halides is 3.